The third kappa shape index (κ3) is 3.24. The number of hydrogen-bond acceptors (Lipinski definition) is 3. The fourth-order valence-electron chi connectivity index (χ4n) is 1.76. The number of non-ortho nitro benzene ring substituents is 1. The van der Waals surface area contributed by atoms with Gasteiger partial charge in [0.2, 0.25) is 0 Å². The Morgan fingerprint density at radius 3 is 2.70 bits per heavy atom. The maximum atomic E-state index is 13.7. The first-order valence-electron chi connectivity index (χ1n) is 5.90. The van der Waals surface area contributed by atoms with Crippen LogP contribution in [0.2, 0.25) is 5.02 Å². The predicted octanol–water partition coefficient (Wildman–Crippen LogP) is 4.31. The predicted molar refractivity (Wildman–Crippen MR) is 76.6 cm³/mol. The highest BCUT2D eigenvalue weighted by molar-refractivity contribution is 6.31. The molecular formula is C14H12ClFN2O2. The largest absolute Gasteiger partial charge is 0.379 e. The van der Waals surface area contributed by atoms with Gasteiger partial charge in [-0.1, -0.05) is 17.7 Å². The van der Waals surface area contributed by atoms with E-state index in [0.29, 0.717) is 16.3 Å². The summed E-state index contributed by atoms with van der Waals surface area (Å²) in [5, 5.41) is 14.0. The van der Waals surface area contributed by atoms with Crippen molar-refractivity contribution in [2.24, 2.45) is 0 Å². The van der Waals surface area contributed by atoms with Gasteiger partial charge in [-0.2, -0.15) is 0 Å². The van der Waals surface area contributed by atoms with Crippen molar-refractivity contribution in [2.75, 3.05) is 5.32 Å². The summed E-state index contributed by atoms with van der Waals surface area (Å²) in [4.78, 5) is 10.2. The van der Waals surface area contributed by atoms with Gasteiger partial charge in [0.25, 0.3) is 5.69 Å². The Morgan fingerprint density at radius 2 is 2.05 bits per heavy atom. The molecule has 0 saturated heterocycles. The van der Waals surface area contributed by atoms with E-state index in [1.165, 1.54) is 24.3 Å². The molecule has 2 rings (SSSR count). The lowest BCUT2D eigenvalue weighted by atomic mass is 10.2. The first-order chi connectivity index (χ1) is 9.47. The van der Waals surface area contributed by atoms with Crippen LogP contribution >= 0.6 is 11.6 Å². The number of nitrogens with zero attached hydrogens (tertiary/aromatic N) is 1. The molecule has 0 aliphatic heterocycles. The minimum Gasteiger partial charge on any atom is -0.379 e. The first-order valence-corrected chi connectivity index (χ1v) is 6.28. The number of halogens is 2. The lowest BCUT2D eigenvalue weighted by Crippen LogP contribution is -2.03. The van der Waals surface area contributed by atoms with Crippen molar-refractivity contribution in [1.82, 2.24) is 0 Å². The first kappa shape index (κ1) is 14.3. The summed E-state index contributed by atoms with van der Waals surface area (Å²) in [6, 6.07) is 8.98. The van der Waals surface area contributed by atoms with Gasteiger partial charge in [0.1, 0.15) is 5.82 Å². The highest BCUT2D eigenvalue weighted by Crippen LogP contribution is 2.24. The second-order valence-corrected chi connectivity index (χ2v) is 4.78. The summed E-state index contributed by atoms with van der Waals surface area (Å²) in [7, 11) is 0. The summed E-state index contributed by atoms with van der Waals surface area (Å²) >= 11 is 5.98. The van der Waals surface area contributed by atoms with Crippen LogP contribution in [-0.4, -0.2) is 4.92 Å². The minimum atomic E-state index is -0.494. The highest BCUT2D eigenvalue weighted by atomic mass is 35.5. The van der Waals surface area contributed by atoms with Crippen LogP contribution in [0, 0.1) is 22.9 Å². The summed E-state index contributed by atoms with van der Waals surface area (Å²) < 4.78 is 13.7. The van der Waals surface area contributed by atoms with E-state index in [1.54, 1.807) is 19.1 Å². The van der Waals surface area contributed by atoms with E-state index in [0.717, 1.165) is 5.56 Å². The fraction of sp³-hybridized carbons (Fsp3) is 0.143. The van der Waals surface area contributed by atoms with Gasteiger partial charge in [-0.3, -0.25) is 10.1 Å². The molecule has 4 nitrogen and oxygen atoms in total. The van der Waals surface area contributed by atoms with Gasteiger partial charge < -0.3 is 5.32 Å². The Hall–Kier alpha value is -2.14. The lowest BCUT2D eigenvalue weighted by molar-refractivity contribution is -0.384. The Morgan fingerprint density at radius 1 is 1.30 bits per heavy atom. The van der Waals surface area contributed by atoms with Gasteiger partial charge in [-0.15, -0.1) is 0 Å². The third-order valence-corrected chi connectivity index (χ3v) is 3.20. The van der Waals surface area contributed by atoms with Crippen molar-refractivity contribution in [3.8, 4) is 0 Å². The van der Waals surface area contributed by atoms with Crippen LogP contribution in [0.15, 0.2) is 36.4 Å². The molecule has 0 unspecified atom stereocenters. The van der Waals surface area contributed by atoms with Crippen molar-refractivity contribution < 1.29 is 9.31 Å². The van der Waals surface area contributed by atoms with Crippen LogP contribution in [0.1, 0.15) is 11.1 Å². The molecule has 20 heavy (non-hydrogen) atoms. The van der Waals surface area contributed by atoms with Gasteiger partial charge in [-0.05, 0) is 36.2 Å². The molecule has 0 aliphatic carbocycles. The molecule has 0 aromatic heterocycles. The van der Waals surface area contributed by atoms with Gasteiger partial charge in [0, 0.05) is 23.7 Å². The maximum Gasteiger partial charge on any atom is 0.269 e. The molecule has 1 N–H and O–H groups in total. The Kier molecular flexibility index (Phi) is 4.20. The second-order valence-electron chi connectivity index (χ2n) is 4.37. The molecule has 6 heteroatoms. The van der Waals surface area contributed by atoms with Gasteiger partial charge in [-0.25, -0.2) is 4.39 Å². The van der Waals surface area contributed by atoms with Gasteiger partial charge in [0.15, 0.2) is 0 Å². The zero-order valence-corrected chi connectivity index (χ0v) is 11.4. The molecule has 0 radical (unpaired) electrons. The molecule has 2 aromatic carbocycles. The van der Waals surface area contributed by atoms with Crippen molar-refractivity contribution >= 4 is 23.0 Å². The zero-order chi connectivity index (χ0) is 14.7. The third-order valence-electron chi connectivity index (χ3n) is 2.83. The summed E-state index contributed by atoms with van der Waals surface area (Å²) in [5.41, 5.74) is 1.65. The van der Waals surface area contributed by atoms with Gasteiger partial charge in [0.05, 0.1) is 10.6 Å². The number of nitro benzene ring substituents is 1. The van der Waals surface area contributed by atoms with Crippen molar-refractivity contribution in [3.63, 3.8) is 0 Å². The Bertz CT molecular complexity index is 662. The molecule has 0 aliphatic rings. The van der Waals surface area contributed by atoms with E-state index in [2.05, 4.69) is 5.32 Å². The van der Waals surface area contributed by atoms with Crippen LogP contribution in [0.5, 0.6) is 0 Å². The normalized spacial score (nSPS) is 10.3. The maximum absolute atomic E-state index is 13.7. The topological polar surface area (TPSA) is 55.2 Å². The minimum absolute atomic E-state index is 0.0458. The van der Waals surface area contributed by atoms with E-state index in [1.807, 2.05) is 0 Å². The van der Waals surface area contributed by atoms with E-state index in [4.69, 9.17) is 11.6 Å². The molecular weight excluding hydrogens is 283 g/mol. The molecule has 0 saturated carbocycles. The molecule has 104 valence electrons. The summed E-state index contributed by atoms with van der Waals surface area (Å²) in [6.07, 6.45) is 0. The number of hydrogen-bond donors (Lipinski definition) is 1. The molecule has 0 amide bonds. The zero-order valence-electron chi connectivity index (χ0n) is 10.7. The van der Waals surface area contributed by atoms with E-state index >= 15 is 0 Å². The van der Waals surface area contributed by atoms with Crippen molar-refractivity contribution in [3.05, 3.63) is 68.5 Å². The molecule has 0 fully saturated rings. The standard InChI is InChI=1S/C14H12ClFN2O2/c1-9-2-5-14(13(16)6-9)17-8-10-7-11(18(19)20)3-4-12(10)15/h2-7,17H,8H2,1H3. The SMILES string of the molecule is Cc1ccc(NCc2cc([N+](=O)[O-])ccc2Cl)c(F)c1. The summed E-state index contributed by atoms with van der Waals surface area (Å²) in [5.74, 6) is -0.369. The van der Waals surface area contributed by atoms with Crippen LogP contribution in [0.25, 0.3) is 0 Å². The molecule has 0 spiro atoms. The fourth-order valence-corrected chi connectivity index (χ4v) is 1.95. The van der Waals surface area contributed by atoms with Crippen LogP contribution < -0.4 is 5.32 Å². The lowest BCUT2D eigenvalue weighted by Gasteiger charge is -2.09. The second kappa shape index (κ2) is 5.88. The van der Waals surface area contributed by atoms with E-state index in [9.17, 15) is 14.5 Å². The van der Waals surface area contributed by atoms with Crippen LogP contribution in [0.4, 0.5) is 15.8 Å². The molecule has 2 aromatic rings. The number of rotatable bonds is 4. The van der Waals surface area contributed by atoms with Crippen molar-refractivity contribution in [2.45, 2.75) is 13.5 Å². The van der Waals surface area contributed by atoms with E-state index < -0.39 is 4.92 Å². The average Bonchev–Trinajstić information content (AvgIpc) is 2.39. The Labute approximate surface area is 120 Å². The van der Waals surface area contributed by atoms with Crippen LogP contribution in [0.3, 0.4) is 0 Å². The van der Waals surface area contributed by atoms with Crippen LogP contribution in [-0.2, 0) is 6.54 Å². The number of benzene rings is 2. The number of aryl methyl sites for hydroxylation is 1. The Balaban J connectivity index is 2.18. The summed E-state index contributed by atoms with van der Waals surface area (Å²) in [6.45, 7) is 2.00. The highest BCUT2D eigenvalue weighted by Gasteiger charge is 2.10. The molecule has 0 atom stereocenters. The average molecular weight is 295 g/mol. The number of nitro groups is 1. The number of nitrogens with one attached hydrogen (secondary N) is 1. The number of anilines is 1. The smallest absolute Gasteiger partial charge is 0.269 e. The quantitative estimate of drug-likeness (QED) is 0.675. The van der Waals surface area contributed by atoms with Crippen molar-refractivity contribution in [1.29, 1.82) is 0 Å². The van der Waals surface area contributed by atoms with E-state index in [-0.39, 0.29) is 18.0 Å². The monoisotopic (exact) mass is 294 g/mol. The molecule has 0 heterocycles. The van der Waals surface area contributed by atoms with Gasteiger partial charge >= 0.3 is 0 Å². The molecule has 0 bridgehead atoms.